The Bertz CT molecular complexity index is 927. The van der Waals surface area contributed by atoms with E-state index < -0.39 is 0 Å². The van der Waals surface area contributed by atoms with Gasteiger partial charge in [0.15, 0.2) is 0 Å². The summed E-state index contributed by atoms with van der Waals surface area (Å²) in [5, 5.41) is 6.10. The first-order chi connectivity index (χ1) is 13.7. The van der Waals surface area contributed by atoms with E-state index in [0.29, 0.717) is 0 Å². The van der Waals surface area contributed by atoms with Crippen molar-refractivity contribution in [2.45, 2.75) is 19.4 Å². The van der Waals surface area contributed by atoms with Crippen LogP contribution in [0.1, 0.15) is 17.8 Å². The molecular weight excluding hydrogens is 373 g/mol. The molecule has 6 heteroatoms. The van der Waals surface area contributed by atoms with Crippen LogP contribution in [0.25, 0.3) is 11.1 Å². The van der Waals surface area contributed by atoms with Gasteiger partial charge in [0.05, 0.1) is 12.5 Å². The number of anilines is 1. The van der Waals surface area contributed by atoms with Gasteiger partial charge in [0, 0.05) is 23.8 Å². The van der Waals surface area contributed by atoms with E-state index >= 15 is 0 Å². The Morgan fingerprint density at radius 2 is 2.07 bits per heavy atom. The summed E-state index contributed by atoms with van der Waals surface area (Å²) in [7, 11) is 0. The molecule has 1 aromatic heterocycles. The fourth-order valence-corrected chi connectivity index (χ4v) is 4.25. The maximum atomic E-state index is 13.4. The molecule has 144 valence electrons. The number of nitrogens with zero attached hydrogens (tertiary/aromatic N) is 2. The molecule has 1 atom stereocenters. The fourth-order valence-electron chi connectivity index (χ4n) is 3.59. The largest absolute Gasteiger partial charge is 0.326 e. The third-order valence-corrected chi connectivity index (χ3v) is 5.79. The highest BCUT2D eigenvalue weighted by molar-refractivity contribution is 7.09. The number of benzene rings is 2. The molecule has 0 bridgehead atoms. The number of nitrogens with one attached hydrogen (secondary N) is 1. The second kappa shape index (κ2) is 8.63. The first kappa shape index (κ1) is 18.8. The fraction of sp³-hybridized carbons (Fsp3) is 0.273. The van der Waals surface area contributed by atoms with E-state index in [1.54, 1.807) is 17.4 Å². The molecule has 0 unspecified atom stereocenters. The van der Waals surface area contributed by atoms with Crippen LogP contribution in [0.3, 0.4) is 0 Å². The number of rotatable bonds is 5. The van der Waals surface area contributed by atoms with Gasteiger partial charge in [0.2, 0.25) is 5.91 Å². The van der Waals surface area contributed by atoms with E-state index in [0.717, 1.165) is 54.3 Å². The lowest BCUT2D eigenvalue weighted by molar-refractivity contribution is -0.121. The molecule has 3 aromatic rings. The molecule has 0 spiro atoms. The molecule has 1 aliphatic heterocycles. The third kappa shape index (κ3) is 4.64. The van der Waals surface area contributed by atoms with E-state index in [1.807, 2.05) is 41.9 Å². The van der Waals surface area contributed by atoms with Crippen molar-refractivity contribution >= 4 is 22.9 Å². The highest BCUT2D eigenvalue weighted by atomic mass is 32.1. The molecule has 0 radical (unpaired) electrons. The molecule has 1 amide bonds. The summed E-state index contributed by atoms with van der Waals surface area (Å²) in [6.45, 7) is 2.57. The minimum absolute atomic E-state index is 0.0170. The first-order valence-corrected chi connectivity index (χ1v) is 10.3. The van der Waals surface area contributed by atoms with Gasteiger partial charge in [0.1, 0.15) is 10.8 Å². The summed E-state index contributed by atoms with van der Waals surface area (Å²) in [5.74, 6) is -0.214. The monoisotopic (exact) mass is 395 g/mol. The molecule has 2 aromatic carbocycles. The van der Waals surface area contributed by atoms with Gasteiger partial charge in [-0.3, -0.25) is 9.69 Å². The summed E-state index contributed by atoms with van der Waals surface area (Å²) < 4.78 is 13.4. The van der Waals surface area contributed by atoms with Crippen LogP contribution in [0.2, 0.25) is 0 Å². The lowest BCUT2D eigenvalue weighted by Gasteiger charge is -2.31. The van der Waals surface area contributed by atoms with Crippen molar-refractivity contribution < 1.29 is 9.18 Å². The van der Waals surface area contributed by atoms with Gasteiger partial charge in [-0.2, -0.15) is 0 Å². The van der Waals surface area contributed by atoms with Crippen LogP contribution < -0.4 is 5.32 Å². The smallest absolute Gasteiger partial charge is 0.228 e. The molecule has 4 nitrogen and oxygen atoms in total. The average molecular weight is 396 g/mol. The van der Waals surface area contributed by atoms with Crippen LogP contribution in [0.4, 0.5) is 10.1 Å². The van der Waals surface area contributed by atoms with Crippen LogP contribution >= 0.6 is 11.3 Å². The number of amides is 1. The standard InChI is InChI=1S/C22H22FN3OS/c23-19-5-1-3-17(13-19)16-6-8-20(9-7-16)25-22(27)18-4-2-11-26(14-18)15-21-24-10-12-28-21/h1,3,5-10,12-13,18H,2,4,11,14-15H2,(H,25,27)/t18-/m1/s1. The average Bonchev–Trinajstić information content (AvgIpc) is 3.22. The predicted molar refractivity (Wildman–Crippen MR) is 111 cm³/mol. The van der Waals surface area contributed by atoms with Crippen molar-refractivity contribution in [1.29, 1.82) is 0 Å². The molecule has 1 fully saturated rings. The summed E-state index contributed by atoms with van der Waals surface area (Å²) in [6.07, 6.45) is 3.74. The molecule has 1 saturated heterocycles. The van der Waals surface area contributed by atoms with Crippen molar-refractivity contribution in [2.75, 3.05) is 18.4 Å². The summed E-state index contributed by atoms with van der Waals surface area (Å²) >= 11 is 1.65. The van der Waals surface area contributed by atoms with Crippen molar-refractivity contribution in [3.8, 4) is 11.1 Å². The van der Waals surface area contributed by atoms with Crippen LogP contribution in [0, 0.1) is 11.7 Å². The number of likely N-dealkylation sites (tertiary alicyclic amines) is 1. The van der Waals surface area contributed by atoms with Crippen molar-refractivity contribution in [3.63, 3.8) is 0 Å². The highest BCUT2D eigenvalue weighted by Crippen LogP contribution is 2.24. The van der Waals surface area contributed by atoms with E-state index in [9.17, 15) is 9.18 Å². The predicted octanol–water partition coefficient (Wildman–Crippen LogP) is 4.80. The number of hydrogen-bond acceptors (Lipinski definition) is 4. The Morgan fingerprint density at radius 3 is 2.82 bits per heavy atom. The molecular formula is C22H22FN3OS. The zero-order valence-corrected chi connectivity index (χ0v) is 16.3. The maximum Gasteiger partial charge on any atom is 0.228 e. The van der Waals surface area contributed by atoms with Gasteiger partial charge in [-0.05, 0) is 54.8 Å². The second-order valence-electron chi connectivity index (χ2n) is 7.08. The van der Waals surface area contributed by atoms with E-state index in [1.165, 1.54) is 12.1 Å². The van der Waals surface area contributed by atoms with Crippen LogP contribution in [-0.4, -0.2) is 28.9 Å². The number of halogens is 1. The number of carbonyl (C=O) groups is 1. The summed E-state index contributed by atoms with van der Waals surface area (Å²) in [6, 6.07) is 14.0. The SMILES string of the molecule is O=C(Nc1ccc(-c2cccc(F)c2)cc1)[C@@H]1CCCN(Cc2nccs2)C1. The van der Waals surface area contributed by atoms with E-state index in [-0.39, 0.29) is 17.6 Å². The Kier molecular flexibility index (Phi) is 5.78. The van der Waals surface area contributed by atoms with Crippen molar-refractivity contribution in [3.05, 3.63) is 70.9 Å². The maximum absolute atomic E-state index is 13.4. The molecule has 28 heavy (non-hydrogen) atoms. The van der Waals surface area contributed by atoms with Crippen molar-refractivity contribution in [2.24, 2.45) is 5.92 Å². The minimum Gasteiger partial charge on any atom is -0.326 e. The van der Waals surface area contributed by atoms with E-state index in [4.69, 9.17) is 0 Å². The van der Waals surface area contributed by atoms with Gasteiger partial charge in [0.25, 0.3) is 0 Å². The number of thiazole rings is 1. The lowest BCUT2D eigenvalue weighted by Crippen LogP contribution is -2.40. The Balaban J connectivity index is 1.36. The second-order valence-corrected chi connectivity index (χ2v) is 8.06. The molecule has 2 heterocycles. The summed E-state index contributed by atoms with van der Waals surface area (Å²) in [5.41, 5.74) is 2.51. The van der Waals surface area contributed by atoms with E-state index in [2.05, 4.69) is 15.2 Å². The van der Waals surface area contributed by atoms with Gasteiger partial charge >= 0.3 is 0 Å². The Labute approximate surface area is 168 Å². The van der Waals surface area contributed by atoms with Crippen molar-refractivity contribution in [1.82, 2.24) is 9.88 Å². The van der Waals surface area contributed by atoms with Gasteiger partial charge < -0.3 is 5.32 Å². The molecule has 1 N–H and O–H groups in total. The molecule has 1 aliphatic rings. The minimum atomic E-state index is -0.255. The normalized spacial score (nSPS) is 17.4. The zero-order chi connectivity index (χ0) is 19.3. The summed E-state index contributed by atoms with van der Waals surface area (Å²) in [4.78, 5) is 19.4. The number of carbonyl (C=O) groups excluding carboxylic acids is 1. The quantitative estimate of drug-likeness (QED) is 0.675. The number of aromatic nitrogens is 1. The Hall–Kier alpha value is -2.57. The van der Waals surface area contributed by atoms with Gasteiger partial charge in [-0.15, -0.1) is 11.3 Å². The third-order valence-electron chi connectivity index (χ3n) is 5.03. The zero-order valence-electron chi connectivity index (χ0n) is 15.5. The topological polar surface area (TPSA) is 45.2 Å². The van der Waals surface area contributed by atoms with Crippen LogP contribution in [-0.2, 0) is 11.3 Å². The Morgan fingerprint density at radius 1 is 1.21 bits per heavy atom. The van der Waals surface area contributed by atoms with Gasteiger partial charge in [-0.1, -0.05) is 24.3 Å². The van der Waals surface area contributed by atoms with Gasteiger partial charge in [-0.25, -0.2) is 9.37 Å². The molecule has 0 aliphatic carbocycles. The first-order valence-electron chi connectivity index (χ1n) is 9.45. The van der Waals surface area contributed by atoms with Crippen LogP contribution in [0.5, 0.6) is 0 Å². The van der Waals surface area contributed by atoms with Crippen LogP contribution in [0.15, 0.2) is 60.1 Å². The molecule has 0 saturated carbocycles. The lowest BCUT2D eigenvalue weighted by atomic mass is 9.97. The highest BCUT2D eigenvalue weighted by Gasteiger charge is 2.26. The number of piperidine rings is 1. The number of hydrogen-bond donors (Lipinski definition) is 1. The molecule has 4 rings (SSSR count).